The smallest absolute Gasteiger partial charge is 0.339 e. The average Bonchev–Trinajstić information content (AvgIpc) is 3.21. The van der Waals surface area contributed by atoms with Gasteiger partial charge in [0.1, 0.15) is 0 Å². The molecule has 3 aromatic rings. The molecule has 0 aliphatic carbocycles. The summed E-state index contributed by atoms with van der Waals surface area (Å²) in [5.74, 6) is -0.745. The number of amides is 1. The van der Waals surface area contributed by atoms with E-state index in [1.165, 1.54) is 0 Å². The molecule has 4 rings (SSSR count). The topological polar surface area (TPSA) is 73.2 Å². The number of benzene rings is 2. The third-order valence-electron chi connectivity index (χ3n) is 4.33. The molecule has 1 aliphatic rings. The van der Waals surface area contributed by atoms with E-state index in [4.69, 9.17) is 4.74 Å². The van der Waals surface area contributed by atoms with Crippen LogP contribution in [0.25, 0.3) is 5.69 Å². The summed E-state index contributed by atoms with van der Waals surface area (Å²) in [5, 5.41) is 7.04. The number of hydrogen-bond acceptors (Lipinski definition) is 4. The largest absolute Gasteiger partial charge is 0.448 e. The molecule has 0 unspecified atom stereocenters. The van der Waals surface area contributed by atoms with Crippen LogP contribution in [0.3, 0.4) is 0 Å². The van der Waals surface area contributed by atoms with Gasteiger partial charge >= 0.3 is 5.97 Å². The van der Waals surface area contributed by atoms with Crippen molar-refractivity contribution in [1.29, 1.82) is 0 Å². The van der Waals surface area contributed by atoms with Gasteiger partial charge in [0.05, 0.1) is 11.3 Å². The van der Waals surface area contributed by atoms with Gasteiger partial charge in [0.2, 0.25) is 0 Å². The van der Waals surface area contributed by atoms with Crippen molar-refractivity contribution in [2.24, 2.45) is 0 Å². The maximum atomic E-state index is 12.4. The normalized spacial score (nSPS) is 15.8. The first kappa shape index (κ1) is 16.1. The van der Waals surface area contributed by atoms with Crippen LogP contribution >= 0.6 is 0 Å². The molecule has 0 radical (unpaired) electrons. The number of fused-ring (bicyclic) bond motifs is 1. The first-order valence-electron chi connectivity index (χ1n) is 8.36. The predicted molar refractivity (Wildman–Crippen MR) is 94.8 cm³/mol. The molecule has 2 aromatic carbocycles. The molecule has 0 spiro atoms. The maximum absolute atomic E-state index is 12.4. The van der Waals surface area contributed by atoms with E-state index in [1.807, 2.05) is 48.7 Å². The van der Waals surface area contributed by atoms with E-state index in [0.717, 1.165) is 16.8 Å². The number of carbonyl (C=O) groups excluding carboxylic acids is 2. The Morgan fingerprint density at radius 2 is 2.08 bits per heavy atom. The standard InChI is InChI=1S/C20H17N3O3/c24-19(18-12-15-6-1-2-8-17(15)20(25)26-18)21-13-14-5-3-7-16(11-14)23-10-4-9-22-23/h1-11,18H,12-13H2,(H,21,24)/t18-/m1/s1. The van der Waals surface area contributed by atoms with E-state index in [1.54, 1.807) is 23.0 Å². The van der Waals surface area contributed by atoms with E-state index in [2.05, 4.69) is 10.4 Å². The number of cyclic esters (lactones) is 1. The van der Waals surface area contributed by atoms with E-state index in [-0.39, 0.29) is 5.91 Å². The monoisotopic (exact) mass is 347 g/mol. The van der Waals surface area contributed by atoms with Crippen molar-refractivity contribution in [3.05, 3.63) is 83.7 Å². The van der Waals surface area contributed by atoms with Gasteiger partial charge in [-0.15, -0.1) is 0 Å². The summed E-state index contributed by atoms with van der Waals surface area (Å²) in [6.07, 6.45) is 3.16. The van der Waals surface area contributed by atoms with Gasteiger partial charge in [-0.25, -0.2) is 9.48 Å². The Kier molecular flexibility index (Phi) is 4.23. The number of rotatable bonds is 4. The molecular formula is C20H17N3O3. The van der Waals surface area contributed by atoms with Crippen LogP contribution in [0.15, 0.2) is 67.0 Å². The molecule has 6 heteroatoms. The minimum atomic E-state index is -0.799. The van der Waals surface area contributed by atoms with Gasteiger partial charge in [0, 0.05) is 25.4 Å². The highest BCUT2D eigenvalue weighted by molar-refractivity contribution is 5.95. The summed E-state index contributed by atoms with van der Waals surface area (Å²) in [5.41, 5.74) is 3.22. The Bertz CT molecular complexity index is 950. The maximum Gasteiger partial charge on any atom is 0.339 e. The Hall–Kier alpha value is -3.41. The minimum absolute atomic E-state index is 0.294. The third-order valence-corrected chi connectivity index (χ3v) is 4.33. The molecule has 2 heterocycles. The van der Waals surface area contributed by atoms with Crippen molar-refractivity contribution in [3.63, 3.8) is 0 Å². The van der Waals surface area contributed by atoms with Crippen molar-refractivity contribution >= 4 is 11.9 Å². The summed E-state index contributed by atoms with van der Waals surface area (Å²) >= 11 is 0. The number of esters is 1. The van der Waals surface area contributed by atoms with Crippen molar-refractivity contribution in [1.82, 2.24) is 15.1 Å². The molecule has 0 fully saturated rings. The highest BCUT2D eigenvalue weighted by Crippen LogP contribution is 2.20. The SMILES string of the molecule is O=C1O[C@@H](C(=O)NCc2cccc(-n3cccn3)c2)Cc2ccccc21. The number of nitrogens with zero attached hydrogens (tertiary/aromatic N) is 2. The first-order valence-corrected chi connectivity index (χ1v) is 8.36. The van der Waals surface area contributed by atoms with Gasteiger partial charge in [-0.3, -0.25) is 4.79 Å². The fourth-order valence-electron chi connectivity index (χ4n) is 3.01. The molecule has 26 heavy (non-hydrogen) atoms. The zero-order valence-electron chi connectivity index (χ0n) is 14.0. The lowest BCUT2D eigenvalue weighted by molar-refractivity contribution is -0.130. The van der Waals surface area contributed by atoms with Crippen molar-refractivity contribution in [2.45, 2.75) is 19.1 Å². The van der Waals surface area contributed by atoms with Gasteiger partial charge in [-0.2, -0.15) is 5.10 Å². The number of aromatic nitrogens is 2. The van der Waals surface area contributed by atoms with E-state index >= 15 is 0 Å². The Morgan fingerprint density at radius 1 is 1.19 bits per heavy atom. The summed E-state index contributed by atoms with van der Waals surface area (Å²) in [4.78, 5) is 24.5. The second-order valence-corrected chi connectivity index (χ2v) is 6.09. The van der Waals surface area contributed by atoms with Gasteiger partial charge in [-0.05, 0) is 35.4 Å². The van der Waals surface area contributed by atoms with Crippen LogP contribution in [0.5, 0.6) is 0 Å². The summed E-state index contributed by atoms with van der Waals surface area (Å²) in [7, 11) is 0. The summed E-state index contributed by atoms with van der Waals surface area (Å²) in [6.45, 7) is 0.351. The summed E-state index contributed by atoms with van der Waals surface area (Å²) in [6, 6.07) is 16.8. The van der Waals surface area contributed by atoms with Crippen LogP contribution in [0.2, 0.25) is 0 Å². The summed E-state index contributed by atoms with van der Waals surface area (Å²) < 4.78 is 7.04. The zero-order chi connectivity index (χ0) is 17.9. The zero-order valence-corrected chi connectivity index (χ0v) is 14.0. The fourth-order valence-corrected chi connectivity index (χ4v) is 3.01. The molecule has 1 aliphatic heterocycles. The van der Waals surface area contributed by atoms with E-state index in [9.17, 15) is 9.59 Å². The molecule has 1 amide bonds. The Labute approximate surface area is 150 Å². The van der Waals surface area contributed by atoms with Crippen molar-refractivity contribution < 1.29 is 14.3 Å². The number of hydrogen-bond donors (Lipinski definition) is 1. The first-order chi connectivity index (χ1) is 12.7. The lowest BCUT2D eigenvalue weighted by atomic mass is 9.98. The fraction of sp³-hybridized carbons (Fsp3) is 0.150. The second-order valence-electron chi connectivity index (χ2n) is 6.09. The molecule has 1 N–H and O–H groups in total. The van der Waals surface area contributed by atoms with Gasteiger partial charge in [0.25, 0.3) is 5.91 Å². The van der Waals surface area contributed by atoms with Crippen LogP contribution in [-0.2, 0) is 22.5 Å². The lowest BCUT2D eigenvalue weighted by Crippen LogP contribution is -2.41. The molecule has 0 saturated heterocycles. The van der Waals surface area contributed by atoms with Gasteiger partial charge in [0.15, 0.2) is 6.10 Å². The van der Waals surface area contributed by atoms with Crippen LogP contribution in [0, 0.1) is 0 Å². The Morgan fingerprint density at radius 3 is 2.92 bits per heavy atom. The number of carbonyl (C=O) groups is 2. The second kappa shape index (κ2) is 6.84. The number of nitrogens with one attached hydrogen (secondary N) is 1. The van der Waals surface area contributed by atoms with Crippen molar-refractivity contribution in [3.8, 4) is 5.69 Å². The van der Waals surface area contributed by atoms with Gasteiger partial charge in [-0.1, -0.05) is 30.3 Å². The van der Waals surface area contributed by atoms with Crippen LogP contribution in [-0.4, -0.2) is 27.8 Å². The third kappa shape index (κ3) is 3.21. The van der Waals surface area contributed by atoms with Crippen LogP contribution in [0.1, 0.15) is 21.5 Å². The van der Waals surface area contributed by atoms with Crippen molar-refractivity contribution in [2.75, 3.05) is 0 Å². The molecule has 0 bridgehead atoms. The molecule has 1 atom stereocenters. The number of ether oxygens (including phenoxy) is 1. The highest BCUT2D eigenvalue weighted by Gasteiger charge is 2.30. The molecule has 6 nitrogen and oxygen atoms in total. The Balaban J connectivity index is 1.42. The van der Waals surface area contributed by atoms with E-state index < -0.39 is 12.1 Å². The molecule has 0 saturated carbocycles. The highest BCUT2D eigenvalue weighted by atomic mass is 16.5. The van der Waals surface area contributed by atoms with Crippen LogP contribution < -0.4 is 5.32 Å². The quantitative estimate of drug-likeness (QED) is 0.735. The van der Waals surface area contributed by atoms with E-state index in [0.29, 0.717) is 18.5 Å². The minimum Gasteiger partial charge on any atom is -0.448 e. The molecular weight excluding hydrogens is 330 g/mol. The van der Waals surface area contributed by atoms with Crippen LogP contribution in [0.4, 0.5) is 0 Å². The predicted octanol–water partition coefficient (Wildman–Crippen LogP) is 2.27. The van der Waals surface area contributed by atoms with Gasteiger partial charge < -0.3 is 10.1 Å². The average molecular weight is 347 g/mol. The molecule has 1 aromatic heterocycles. The molecule has 130 valence electrons. The lowest BCUT2D eigenvalue weighted by Gasteiger charge is -2.23.